The molecule has 0 radical (unpaired) electrons. The molecule has 11 heteroatoms. The molecule has 0 aliphatic rings. The van der Waals surface area contributed by atoms with Crippen LogP contribution in [0.15, 0.2) is 254 Å². The number of thiophene rings is 2. The molecule has 1 N–H and O–H groups in total. The lowest BCUT2D eigenvalue weighted by Crippen LogP contribution is -2.14. The quantitative estimate of drug-likeness (QED) is 0.139. The van der Waals surface area contributed by atoms with Crippen molar-refractivity contribution in [3.05, 3.63) is 280 Å². The third-order valence-electron chi connectivity index (χ3n) is 11.9. The van der Waals surface area contributed by atoms with E-state index in [1.54, 1.807) is 30.6 Å². The number of halogens is 3. The first-order valence-electron chi connectivity index (χ1n) is 26.7. The van der Waals surface area contributed by atoms with Crippen molar-refractivity contribution in [3.8, 4) is 0 Å². The summed E-state index contributed by atoms with van der Waals surface area (Å²) in [6.45, 7) is -4.59. The molecule has 12 rings (SSSR count). The fraction of sp³-hybridized carbons (Fsp3) is 0.0312. The van der Waals surface area contributed by atoms with Crippen molar-refractivity contribution in [1.82, 2.24) is 9.97 Å². The lowest BCUT2D eigenvalue weighted by atomic mass is 10.1. The molecule has 0 saturated carbocycles. The summed E-state index contributed by atoms with van der Waals surface area (Å²) in [5.74, 6) is 0. The van der Waals surface area contributed by atoms with Gasteiger partial charge in [-0.15, -0.1) is 22.7 Å². The number of pyridine rings is 2. The van der Waals surface area contributed by atoms with Crippen molar-refractivity contribution in [3.63, 3.8) is 0 Å². The van der Waals surface area contributed by atoms with Gasteiger partial charge in [-0.25, -0.2) is 0 Å². The molecule has 0 amide bonds. The molecule has 12 aromatic rings. The Labute approximate surface area is 469 Å². The summed E-state index contributed by atoms with van der Waals surface area (Å²) in [5.41, 5.74) is 10.1. The minimum Gasteiger partial charge on any atom is -0.356 e. The Hall–Kier alpha value is -7.95. The van der Waals surface area contributed by atoms with E-state index in [2.05, 4.69) is 49.4 Å². The normalized spacial score (nSPS) is 12.3. The van der Waals surface area contributed by atoms with E-state index >= 15 is 0 Å². The highest BCUT2D eigenvalue weighted by Crippen LogP contribution is 2.49. The van der Waals surface area contributed by atoms with Crippen LogP contribution in [-0.2, 0) is 0 Å². The molecule has 4 heterocycles. The van der Waals surface area contributed by atoms with E-state index < -0.39 is 13.7 Å². The number of hydrogen-bond donors (Lipinski definition) is 1. The molecule has 0 saturated heterocycles. The van der Waals surface area contributed by atoms with Crippen molar-refractivity contribution >= 4 is 140 Å². The van der Waals surface area contributed by atoms with E-state index in [4.69, 9.17) is 43.0 Å². The summed E-state index contributed by atoms with van der Waals surface area (Å²) < 4.78 is 48.6. The lowest BCUT2D eigenvalue weighted by molar-refractivity contribution is 1.22. The molecule has 0 bridgehead atoms. The number of hydrogen-bond acceptors (Lipinski definition) is 8. The van der Waals surface area contributed by atoms with Crippen LogP contribution in [0.3, 0.4) is 0 Å². The third kappa shape index (κ3) is 11.7. The minimum atomic E-state index is -2.31. The van der Waals surface area contributed by atoms with Gasteiger partial charge in [0.25, 0.3) is 0 Å². The summed E-state index contributed by atoms with van der Waals surface area (Å²) in [6.07, 6.45) is 3.24. The van der Waals surface area contributed by atoms with Crippen LogP contribution < -0.4 is 20.0 Å². The van der Waals surface area contributed by atoms with Gasteiger partial charge in [-0.05, 0) is 123 Å². The molecule has 8 aromatic carbocycles. The molecule has 4 aromatic heterocycles. The largest absolute Gasteiger partial charge is 0.356 e. The number of rotatable bonds is 11. The maximum absolute atomic E-state index is 7.91. The molecule has 0 aliphatic heterocycles. The van der Waals surface area contributed by atoms with Gasteiger partial charge >= 0.3 is 0 Å². The topological polar surface area (TPSA) is 47.5 Å². The predicted molar refractivity (Wildman–Crippen MR) is 324 cm³/mol. The number of anilines is 11. The number of benzene rings is 8. The van der Waals surface area contributed by atoms with Crippen molar-refractivity contribution in [2.45, 2.75) is 13.7 Å². The highest BCUT2D eigenvalue weighted by Gasteiger charge is 2.24. The van der Waals surface area contributed by atoms with Gasteiger partial charge in [-0.3, -0.25) is 9.97 Å². The van der Waals surface area contributed by atoms with E-state index in [1.807, 2.05) is 204 Å². The number of aromatic nitrogens is 2. The van der Waals surface area contributed by atoms with Crippen LogP contribution in [0.2, 0.25) is 15.1 Å². The molecule has 0 aliphatic carbocycles. The zero-order valence-corrected chi connectivity index (χ0v) is 43.8. The standard InChI is InChI=1S/C32H24ClN3S.C20H14Cl2N2S.C12H11N/c1-23-20-27-30(22-37-31(27)21-34-23)36(26-16-9-4-10-17-26)29-19-11-18-28(32(29)33)35(24-12-5-2-6-13-24)25-14-7-3-8-15-25;1-13-10-15-18(12-25-19(15)11-23-13)24(14-6-3-2-4-7-14)17-9-5-8-16(21)20(17)22;1-3-7-11(8-4-1)13-12-9-5-2-6-10-12/h2-22H,1H3;2-12H,1H3;1-10,13H/i2*1D3;. The van der Waals surface area contributed by atoms with Crippen LogP contribution in [0.25, 0.3) is 20.2 Å². The van der Waals surface area contributed by atoms with E-state index in [0.717, 1.165) is 77.0 Å². The summed E-state index contributed by atoms with van der Waals surface area (Å²) in [4.78, 5) is 14.5. The van der Waals surface area contributed by atoms with Gasteiger partial charge in [0.15, 0.2) is 0 Å². The Kier molecular flexibility index (Phi) is 13.9. The van der Waals surface area contributed by atoms with Gasteiger partial charge in [-0.1, -0.05) is 156 Å². The summed E-state index contributed by atoms with van der Waals surface area (Å²) in [5, 5.41) is 10.3. The number of aryl methyl sites for hydroxylation is 2. The Morgan fingerprint density at radius 3 is 1.13 bits per heavy atom. The highest BCUT2D eigenvalue weighted by atomic mass is 35.5. The van der Waals surface area contributed by atoms with Crippen molar-refractivity contribution in [2.75, 3.05) is 20.0 Å². The SMILES string of the molecule is [2H]C([2H])([2H])c1cc2c(N(c3ccccc3)c3cccc(Cl)c3Cl)csc2cn1.[2H]C([2H])([2H])c1cc2c(N(c3ccccc3)c3cccc(N(c4ccccc4)c4ccccc4)c3Cl)csc2cn1.c1ccc(Nc2ccccc2)cc1. The Morgan fingerprint density at radius 2 is 0.733 bits per heavy atom. The fourth-order valence-corrected chi connectivity index (χ4v) is 10.9. The van der Waals surface area contributed by atoms with Gasteiger partial charge in [0, 0.05) is 87.7 Å². The van der Waals surface area contributed by atoms with Crippen LogP contribution in [0.1, 0.15) is 19.6 Å². The van der Waals surface area contributed by atoms with E-state index in [0.29, 0.717) is 20.8 Å². The number of nitrogens with zero attached hydrogens (tertiary/aromatic N) is 5. The fourth-order valence-electron chi connectivity index (χ4n) is 8.47. The second kappa shape index (κ2) is 23.9. The van der Waals surface area contributed by atoms with E-state index in [9.17, 15) is 0 Å². The Balaban J connectivity index is 0.000000155. The monoisotopic (exact) mass is 1080 g/mol. The van der Waals surface area contributed by atoms with Crippen molar-refractivity contribution in [1.29, 1.82) is 0 Å². The molecule has 6 nitrogen and oxygen atoms in total. The number of para-hydroxylation sites is 6. The van der Waals surface area contributed by atoms with Crippen LogP contribution in [0.5, 0.6) is 0 Å². The van der Waals surface area contributed by atoms with Gasteiger partial charge in [-0.2, -0.15) is 0 Å². The summed E-state index contributed by atoms with van der Waals surface area (Å²) >= 11 is 23.2. The third-order valence-corrected chi connectivity index (χ3v) is 14.9. The smallest absolute Gasteiger partial charge is 0.0887 e. The number of fused-ring (bicyclic) bond motifs is 2. The van der Waals surface area contributed by atoms with Gasteiger partial charge in [0.1, 0.15) is 0 Å². The number of nitrogens with one attached hydrogen (secondary N) is 1. The van der Waals surface area contributed by atoms with E-state index in [1.165, 1.54) is 22.7 Å². The van der Waals surface area contributed by atoms with Gasteiger partial charge in [0.05, 0.1) is 52.9 Å². The van der Waals surface area contributed by atoms with E-state index in [-0.39, 0.29) is 11.4 Å². The van der Waals surface area contributed by atoms with Crippen molar-refractivity contribution in [2.24, 2.45) is 0 Å². The molecule has 0 fully saturated rings. The summed E-state index contributed by atoms with van der Waals surface area (Å²) in [6, 6.07) is 75.0. The lowest BCUT2D eigenvalue weighted by Gasteiger charge is -2.30. The first-order chi connectivity index (χ1) is 39.2. The molecule has 0 unspecified atom stereocenters. The second-order valence-corrected chi connectivity index (χ2v) is 19.7. The molecule has 75 heavy (non-hydrogen) atoms. The van der Waals surface area contributed by atoms with Gasteiger partial charge < -0.3 is 20.0 Å². The average molecular weight is 1080 g/mol. The van der Waals surface area contributed by atoms with Crippen LogP contribution >= 0.6 is 57.5 Å². The van der Waals surface area contributed by atoms with Crippen molar-refractivity contribution < 1.29 is 8.22 Å². The van der Waals surface area contributed by atoms with Crippen LogP contribution in [0.4, 0.5) is 62.6 Å². The maximum atomic E-state index is 7.91. The molecule has 0 spiro atoms. The molecule has 368 valence electrons. The maximum Gasteiger partial charge on any atom is 0.0887 e. The van der Waals surface area contributed by atoms with Crippen LogP contribution in [-0.4, -0.2) is 9.97 Å². The Bertz CT molecular complexity index is 3930. The minimum absolute atomic E-state index is 0.0600. The summed E-state index contributed by atoms with van der Waals surface area (Å²) in [7, 11) is 0. The highest BCUT2D eigenvalue weighted by molar-refractivity contribution is 7.18. The molecule has 0 atom stereocenters. The van der Waals surface area contributed by atoms with Gasteiger partial charge in [0.2, 0.25) is 0 Å². The predicted octanol–water partition coefficient (Wildman–Crippen LogP) is 21.0. The zero-order valence-electron chi connectivity index (χ0n) is 45.9. The second-order valence-electron chi connectivity index (χ2n) is 16.8. The zero-order chi connectivity index (χ0) is 56.5. The molecular weight excluding hydrogens is 1020 g/mol. The Morgan fingerprint density at radius 1 is 0.387 bits per heavy atom. The average Bonchev–Trinajstić information content (AvgIpc) is 4.35. The van der Waals surface area contributed by atoms with Crippen LogP contribution in [0, 0.1) is 13.7 Å². The molecular formula is C64H49Cl3N6S2. The first-order valence-corrected chi connectivity index (χ1v) is 26.6. The first kappa shape index (κ1) is 43.4.